The van der Waals surface area contributed by atoms with Crippen molar-refractivity contribution in [2.45, 2.75) is 56.1 Å². The normalized spacial score (nSPS) is 17.9. The standard InChI is InChI=1S/C24H26ClN3O5S/c1-16(23(30)26-19-9-2-3-10-19)27(14-17-7-6-8-18(25)13-17)22(29)15-28-24(31)20-11-4-5-12-21(20)34(28,32)33/h4-8,11-13,16,19H,2-3,9-10,14-15H2,1H3,(H,26,30). The summed E-state index contributed by atoms with van der Waals surface area (Å²) in [6.07, 6.45) is 3.86. The average Bonchev–Trinajstić information content (AvgIpc) is 3.38. The van der Waals surface area contributed by atoms with Gasteiger partial charge >= 0.3 is 0 Å². The molecule has 0 radical (unpaired) electrons. The molecule has 1 N–H and O–H groups in total. The van der Waals surface area contributed by atoms with Crippen molar-refractivity contribution in [2.24, 2.45) is 0 Å². The van der Waals surface area contributed by atoms with Crippen molar-refractivity contribution in [1.82, 2.24) is 14.5 Å². The number of nitrogens with one attached hydrogen (secondary N) is 1. The minimum atomic E-state index is -4.15. The van der Waals surface area contributed by atoms with Gasteiger partial charge in [-0.15, -0.1) is 0 Å². The van der Waals surface area contributed by atoms with Gasteiger partial charge in [0, 0.05) is 17.6 Å². The molecule has 1 saturated carbocycles. The highest BCUT2D eigenvalue weighted by Gasteiger charge is 2.43. The first-order chi connectivity index (χ1) is 16.2. The van der Waals surface area contributed by atoms with E-state index in [2.05, 4.69) is 5.32 Å². The van der Waals surface area contributed by atoms with Crippen molar-refractivity contribution in [2.75, 3.05) is 6.54 Å². The second-order valence-electron chi connectivity index (χ2n) is 8.63. The van der Waals surface area contributed by atoms with Crippen LogP contribution in [0.1, 0.15) is 48.5 Å². The maximum absolute atomic E-state index is 13.4. The molecule has 2 aromatic rings. The molecular formula is C24H26ClN3O5S. The maximum atomic E-state index is 13.4. The molecule has 4 rings (SSSR count). The van der Waals surface area contributed by atoms with Gasteiger partial charge in [-0.1, -0.05) is 48.7 Å². The molecule has 1 aliphatic carbocycles. The molecule has 1 heterocycles. The molecule has 0 saturated heterocycles. The maximum Gasteiger partial charge on any atom is 0.269 e. The highest BCUT2D eigenvalue weighted by Crippen LogP contribution is 2.30. The minimum Gasteiger partial charge on any atom is -0.352 e. The van der Waals surface area contributed by atoms with E-state index in [0.717, 1.165) is 25.7 Å². The molecule has 180 valence electrons. The molecule has 2 aromatic carbocycles. The van der Waals surface area contributed by atoms with Gasteiger partial charge in [-0.3, -0.25) is 14.4 Å². The third-order valence-electron chi connectivity index (χ3n) is 6.30. The summed E-state index contributed by atoms with van der Waals surface area (Å²) < 4.78 is 26.4. The fourth-order valence-electron chi connectivity index (χ4n) is 4.41. The summed E-state index contributed by atoms with van der Waals surface area (Å²) in [5.74, 6) is -1.73. The number of fused-ring (bicyclic) bond motifs is 1. The first kappa shape index (κ1) is 24.2. The molecule has 0 bridgehead atoms. The van der Waals surface area contributed by atoms with Gasteiger partial charge in [0.05, 0.1) is 5.56 Å². The highest BCUT2D eigenvalue weighted by molar-refractivity contribution is 7.90. The number of hydrogen-bond donors (Lipinski definition) is 1. The van der Waals surface area contributed by atoms with Crippen LogP contribution in [-0.2, 0) is 26.2 Å². The summed E-state index contributed by atoms with van der Waals surface area (Å²) in [5, 5.41) is 3.46. The molecule has 1 fully saturated rings. The van der Waals surface area contributed by atoms with E-state index in [-0.39, 0.29) is 29.0 Å². The molecule has 10 heteroatoms. The SMILES string of the molecule is CC(C(=O)NC1CCCC1)N(Cc1cccc(Cl)c1)C(=O)CN1C(=O)c2ccccc2S1(=O)=O. The lowest BCUT2D eigenvalue weighted by Crippen LogP contribution is -2.52. The Hall–Kier alpha value is -2.91. The van der Waals surface area contributed by atoms with Gasteiger partial charge < -0.3 is 10.2 Å². The number of hydrogen-bond acceptors (Lipinski definition) is 5. The van der Waals surface area contributed by atoms with Crippen molar-refractivity contribution in [3.05, 3.63) is 64.7 Å². The first-order valence-corrected chi connectivity index (χ1v) is 13.0. The Balaban J connectivity index is 1.58. The predicted molar refractivity (Wildman–Crippen MR) is 127 cm³/mol. The van der Waals surface area contributed by atoms with Crippen LogP contribution in [0, 0.1) is 0 Å². The first-order valence-electron chi connectivity index (χ1n) is 11.2. The van der Waals surface area contributed by atoms with Crippen molar-refractivity contribution < 1.29 is 22.8 Å². The van der Waals surface area contributed by atoms with Crippen LogP contribution in [0.5, 0.6) is 0 Å². The van der Waals surface area contributed by atoms with Crippen molar-refractivity contribution in [3.8, 4) is 0 Å². The van der Waals surface area contributed by atoms with Gasteiger partial charge in [-0.2, -0.15) is 0 Å². The number of benzene rings is 2. The second kappa shape index (κ2) is 9.76. The van der Waals surface area contributed by atoms with E-state index in [1.165, 1.54) is 23.1 Å². The largest absolute Gasteiger partial charge is 0.352 e. The average molecular weight is 504 g/mol. The number of sulfonamides is 1. The van der Waals surface area contributed by atoms with E-state index in [1.807, 2.05) is 0 Å². The van der Waals surface area contributed by atoms with E-state index in [0.29, 0.717) is 14.9 Å². The van der Waals surface area contributed by atoms with Gasteiger partial charge in [-0.05, 0) is 49.6 Å². The van der Waals surface area contributed by atoms with Crippen molar-refractivity contribution in [1.29, 1.82) is 0 Å². The summed E-state index contributed by atoms with van der Waals surface area (Å²) in [7, 11) is -4.15. The highest BCUT2D eigenvalue weighted by atomic mass is 35.5. The van der Waals surface area contributed by atoms with Crippen LogP contribution in [-0.4, -0.2) is 54.0 Å². The van der Waals surface area contributed by atoms with Crippen molar-refractivity contribution >= 4 is 39.3 Å². The lowest BCUT2D eigenvalue weighted by molar-refractivity contribution is -0.140. The Morgan fingerprint density at radius 2 is 1.85 bits per heavy atom. The van der Waals surface area contributed by atoms with Crippen LogP contribution in [0.2, 0.25) is 5.02 Å². The quantitative estimate of drug-likeness (QED) is 0.625. The Morgan fingerprint density at radius 3 is 2.53 bits per heavy atom. The summed E-state index contributed by atoms with van der Waals surface area (Å²) in [6, 6.07) is 11.9. The van der Waals surface area contributed by atoms with Crippen LogP contribution in [0.3, 0.4) is 0 Å². The number of halogens is 1. The van der Waals surface area contributed by atoms with Crippen LogP contribution in [0.25, 0.3) is 0 Å². The van der Waals surface area contributed by atoms with E-state index < -0.39 is 34.4 Å². The van der Waals surface area contributed by atoms with Gasteiger partial charge in [0.2, 0.25) is 11.8 Å². The summed E-state index contributed by atoms with van der Waals surface area (Å²) >= 11 is 6.09. The zero-order valence-corrected chi connectivity index (χ0v) is 20.3. The zero-order valence-electron chi connectivity index (χ0n) is 18.7. The molecule has 0 aromatic heterocycles. The van der Waals surface area contributed by atoms with E-state index in [1.54, 1.807) is 37.3 Å². The Bertz CT molecular complexity index is 1230. The van der Waals surface area contributed by atoms with Crippen LogP contribution in [0.4, 0.5) is 0 Å². The number of rotatable bonds is 7. The summed E-state index contributed by atoms with van der Waals surface area (Å²) in [4.78, 5) is 40.3. The Kier molecular flexibility index (Phi) is 6.95. The second-order valence-corrected chi connectivity index (χ2v) is 10.9. The lowest BCUT2D eigenvalue weighted by atomic mass is 10.1. The molecule has 34 heavy (non-hydrogen) atoms. The number of carbonyl (C=O) groups excluding carboxylic acids is 3. The Labute approximate surface area is 203 Å². The Morgan fingerprint density at radius 1 is 1.15 bits per heavy atom. The third-order valence-corrected chi connectivity index (χ3v) is 8.32. The van der Waals surface area contributed by atoms with E-state index in [4.69, 9.17) is 11.6 Å². The minimum absolute atomic E-state index is 0.0312. The van der Waals surface area contributed by atoms with Crippen molar-refractivity contribution in [3.63, 3.8) is 0 Å². The lowest BCUT2D eigenvalue weighted by Gasteiger charge is -2.31. The molecule has 1 unspecified atom stereocenters. The van der Waals surface area contributed by atoms with Gasteiger partial charge in [0.15, 0.2) is 0 Å². The molecule has 1 atom stereocenters. The van der Waals surface area contributed by atoms with E-state index in [9.17, 15) is 22.8 Å². The topological polar surface area (TPSA) is 104 Å². The zero-order chi connectivity index (χ0) is 24.5. The smallest absolute Gasteiger partial charge is 0.269 e. The molecule has 2 aliphatic rings. The molecule has 8 nitrogen and oxygen atoms in total. The summed E-state index contributed by atoms with van der Waals surface area (Å²) in [5.41, 5.74) is 0.712. The van der Waals surface area contributed by atoms with Crippen LogP contribution < -0.4 is 5.32 Å². The summed E-state index contributed by atoms with van der Waals surface area (Å²) in [6.45, 7) is 0.937. The van der Waals surface area contributed by atoms with Crippen LogP contribution in [0.15, 0.2) is 53.4 Å². The molecule has 0 spiro atoms. The molecule has 1 aliphatic heterocycles. The number of carbonyl (C=O) groups is 3. The van der Waals surface area contributed by atoms with Gasteiger partial charge in [-0.25, -0.2) is 12.7 Å². The third kappa shape index (κ3) is 4.81. The molecular weight excluding hydrogens is 478 g/mol. The number of amides is 3. The van der Waals surface area contributed by atoms with Crippen LogP contribution >= 0.6 is 11.6 Å². The fraction of sp³-hybridized carbons (Fsp3) is 0.375. The van der Waals surface area contributed by atoms with E-state index >= 15 is 0 Å². The number of nitrogens with zero attached hydrogens (tertiary/aromatic N) is 2. The monoisotopic (exact) mass is 503 g/mol. The fourth-order valence-corrected chi connectivity index (χ4v) is 6.14. The van der Waals surface area contributed by atoms with Gasteiger partial charge in [0.25, 0.3) is 15.9 Å². The predicted octanol–water partition coefficient (Wildman–Crippen LogP) is 2.96. The van der Waals surface area contributed by atoms with Gasteiger partial charge in [0.1, 0.15) is 17.5 Å². The molecule has 3 amide bonds.